The summed E-state index contributed by atoms with van der Waals surface area (Å²) in [4.78, 5) is 29.3. The minimum atomic E-state index is -0.199. The van der Waals surface area contributed by atoms with Crippen molar-refractivity contribution in [3.8, 4) is 0 Å². The normalized spacial score (nSPS) is 13.5. The lowest BCUT2D eigenvalue weighted by atomic mass is 9.97. The zero-order valence-corrected chi connectivity index (χ0v) is 18.6. The zero-order valence-electron chi connectivity index (χ0n) is 17.8. The third kappa shape index (κ3) is 3.68. The molecule has 0 N–H and O–H groups in total. The van der Waals surface area contributed by atoms with Crippen LogP contribution in [0.1, 0.15) is 40.0 Å². The summed E-state index contributed by atoms with van der Waals surface area (Å²) in [6.07, 6.45) is 4.88. The van der Waals surface area contributed by atoms with Gasteiger partial charge >= 0.3 is 5.69 Å². The Bertz CT molecular complexity index is 1360. The Kier molecular flexibility index (Phi) is 5.36. The molecule has 31 heavy (non-hydrogen) atoms. The SMILES string of the molecule is Cc1ccccc1Cn1c(=O)n(CCc2ccccc2)c(=O)c2c3c(sc21)CCCC3. The molecule has 2 aromatic heterocycles. The quantitative estimate of drug-likeness (QED) is 0.461. The van der Waals surface area contributed by atoms with Crippen LogP contribution >= 0.6 is 11.3 Å². The summed E-state index contributed by atoms with van der Waals surface area (Å²) < 4.78 is 3.31. The van der Waals surface area contributed by atoms with Gasteiger partial charge in [-0.1, -0.05) is 54.6 Å². The van der Waals surface area contributed by atoms with E-state index in [0.29, 0.717) is 19.5 Å². The fraction of sp³-hybridized carbons (Fsp3) is 0.308. The van der Waals surface area contributed by atoms with E-state index < -0.39 is 0 Å². The van der Waals surface area contributed by atoms with Crippen molar-refractivity contribution in [1.29, 1.82) is 0 Å². The second-order valence-electron chi connectivity index (χ2n) is 8.38. The molecule has 5 rings (SSSR count). The van der Waals surface area contributed by atoms with Crippen LogP contribution in [-0.2, 0) is 32.4 Å². The second-order valence-corrected chi connectivity index (χ2v) is 9.46. The minimum absolute atomic E-state index is 0.114. The largest absolute Gasteiger partial charge is 0.332 e. The summed E-state index contributed by atoms with van der Waals surface area (Å²) in [5.74, 6) is 0. The first-order valence-corrected chi connectivity index (χ1v) is 11.8. The standard InChI is InChI=1S/C26H26N2O2S/c1-18-9-5-6-12-20(18)17-28-25-23(21-13-7-8-14-22(21)31-25)24(29)27(26(28)30)16-15-19-10-3-2-4-11-19/h2-6,9-12H,7-8,13-17H2,1H3. The van der Waals surface area contributed by atoms with Gasteiger partial charge in [-0.25, -0.2) is 4.79 Å². The predicted molar refractivity (Wildman–Crippen MR) is 127 cm³/mol. The number of rotatable bonds is 5. The van der Waals surface area contributed by atoms with Crippen LogP contribution in [0.25, 0.3) is 10.2 Å². The maximum Gasteiger partial charge on any atom is 0.332 e. The average Bonchev–Trinajstić information content (AvgIpc) is 3.18. The lowest BCUT2D eigenvalue weighted by molar-refractivity contribution is 0.590. The van der Waals surface area contributed by atoms with Gasteiger partial charge in [0.1, 0.15) is 4.83 Å². The van der Waals surface area contributed by atoms with E-state index in [2.05, 4.69) is 19.1 Å². The van der Waals surface area contributed by atoms with E-state index in [-0.39, 0.29) is 11.2 Å². The summed E-state index contributed by atoms with van der Waals surface area (Å²) in [5.41, 5.74) is 4.28. The van der Waals surface area contributed by atoms with E-state index in [1.54, 1.807) is 11.3 Å². The second kappa shape index (κ2) is 8.31. The molecular weight excluding hydrogens is 404 g/mol. The van der Waals surface area contributed by atoms with Crippen molar-refractivity contribution in [3.63, 3.8) is 0 Å². The molecule has 0 spiro atoms. The topological polar surface area (TPSA) is 44.0 Å². The van der Waals surface area contributed by atoms with Crippen LogP contribution in [-0.4, -0.2) is 9.13 Å². The molecule has 1 aliphatic rings. The van der Waals surface area contributed by atoms with Gasteiger partial charge in [-0.2, -0.15) is 0 Å². The highest BCUT2D eigenvalue weighted by Crippen LogP contribution is 2.34. The van der Waals surface area contributed by atoms with Crippen LogP contribution in [0, 0.1) is 6.92 Å². The summed E-state index contributed by atoms with van der Waals surface area (Å²) >= 11 is 1.65. The Hall–Kier alpha value is -2.92. The molecule has 0 saturated heterocycles. The van der Waals surface area contributed by atoms with E-state index in [1.807, 2.05) is 47.0 Å². The maximum atomic E-state index is 13.6. The highest BCUT2D eigenvalue weighted by molar-refractivity contribution is 7.18. The van der Waals surface area contributed by atoms with Gasteiger partial charge in [-0.05, 0) is 61.3 Å². The van der Waals surface area contributed by atoms with Crippen LogP contribution < -0.4 is 11.2 Å². The number of aryl methyl sites for hydroxylation is 4. The summed E-state index contributed by atoms with van der Waals surface area (Å²) in [6.45, 7) is 2.96. The van der Waals surface area contributed by atoms with Crippen LogP contribution in [0.2, 0.25) is 0 Å². The molecule has 4 aromatic rings. The smallest absolute Gasteiger partial charge is 0.280 e. The molecule has 4 nitrogen and oxygen atoms in total. The van der Waals surface area contributed by atoms with Gasteiger partial charge in [-0.3, -0.25) is 13.9 Å². The number of aromatic nitrogens is 2. The Morgan fingerprint density at radius 3 is 2.45 bits per heavy atom. The van der Waals surface area contributed by atoms with Crippen LogP contribution in [0.5, 0.6) is 0 Å². The lowest BCUT2D eigenvalue weighted by Gasteiger charge is -2.14. The fourth-order valence-corrected chi connectivity index (χ4v) is 5.97. The van der Waals surface area contributed by atoms with Crippen LogP contribution in [0.3, 0.4) is 0 Å². The summed E-state index contributed by atoms with van der Waals surface area (Å²) in [7, 11) is 0. The van der Waals surface area contributed by atoms with Gasteiger partial charge in [0.2, 0.25) is 0 Å². The molecule has 0 bridgehead atoms. The van der Waals surface area contributed by atoms with E-state index >= 15 is 0 Å². The first kappa shape index (κ1) is 20.0. The predicted octanol–water partition coefficient (Wildman–Crippen LogP) is 4.70. The average molecular weight is 431 g/mol. The summed E-state index contributed by atoms with van der Waals surface area (Å²) in [5, 5.41) is 0.779. The number of hydrogen-bond acceptors (Lipinski definition) is 3. The Morgan fingerprint density at radius 1 is 0.903 bits per heavy atom. The summed E-state index contributed by atoms with van der Waals surface area (Å²) in [6, 6.07) is 18.2. The third-order valence-corrected chi connectivity index (χ3v) is 7.69. The lowest BCUT2D eigenvalue weighted by Crippen LogP contribution is -2.40. The van der Waals surface area contributed by atoms with Gasteiger partial charge in [0, 0.05) is 11.4 Å². The number of fused-ring (bicyclic) bond motifs is 3. The number of nitrogens with zero attached hydrogens (tertiary/aromatic N) is 2. The Morgan fingerprint density at radius 2 is 1.65 bits per heavy atom. The van der Waals surface area contributed by atoms with Crippen molar-refractivity contribution in [2.45, 2.75) is 52.1 Å². The van der Waals surface area contributed by atoms with Crippen molar-refractivity contribution in [2.75, 3.05) is 0 Å². The molecule has 0 atom stereocenters. The monoisotopic (exact) mass is 430 g/mol. The van der Waals surface area contributed by atoms with Gasteiger partial charge in [0.25, 0.3) is 5.56 Å². The molecule has 0 saturated carbocycles. The molecule has 2 heterocycles. The highest BCUT2D eigenvalue weighted by atomic mass is 32.1. The minimum Gasteiger partial charge on any atom is -0.280 e. The molecule has 158 valence electrons. The van der Waals surface area contributed by atoms with Crippen molar-refractivity contribution in [3.05, 3.63) is 103 Å². The maximum absolute atomic E-state index is 13.6. The number of hydrogen-bond donors (Lipinski definition) is 0. The molecule has 0 fully saturated rings. The molecule has 0 unspecified atom stereocenters. The molecule has 0 amide bonds. The Labute approximate surface area is 185 Å². The first-order valence-electron chi connectivity index (χ1n) is 11.0. The molecule has 2 aromatic carbocycles. The molecule has 1 aliphatic carbocycles. The highest BCUT2D eigenvalue weighted by Gasteiger charge is 2.23. The zero-order chi connectivity index (χ0) is 21.4. The molecular formula is C26H26N2O2S. The van der Waals surface area contributed by atoms with E-state index in [1.165, 1.54) is 15.0 Å². The van der Waals surface area contributed by atoms with Crippen molar-refractivity contribution in [2.24, 2.45) is 0 Å². The first-order chi connectivity index (χ1) is 15.1. The van der Waals surface area contributed by atoms with E-state index in [0.717, 1.165) is 52.6 Å². The van der Waals surface area contributed by atoms with Gasteiger partial charge in [0.05, 0.1) is 11.9 Å². The molecule has 5 heteroatoms. The number of benzene rings is 2. The van der Waals surface area contributed by atoms with Crippen molar-refractivity contribution < 1.29 is 0 Å². The fourth-order valence-electron chi connectivity index (χ4n) is 4.60. The van der Waals surface area contributed by atoms with Crippen LogP contribution in [0.4, 0.5) is 0 Å². The molecule has 0 aliphatic heterocycles. The third-order valence-electron chi connectivity index (χ3n) is 6.38. The van der Waals surface area contributed by atoms with Gasteiger partial charge in [-0.15, -0.1) is 11.3 Å². The van der Waals surface area contributed by atoms with Crippen molar-refractivity contribution >= 4 is 21.6 Å². The van der Waals surface area contributed by atoms with E-state index in [4.69, 9.17) is 0 Å². The van der Waals surface area contributed by atoms with Crippen LogP contribution in [0.15, 0.2) is 64.2 Å². The Balaban J connectivity index is 1.68. The van der Waals surface area contributed by atoms with E-state index in [9.17, 15) is 9.59 Å². The van der Waals surface area contributed by atoms with Gasteiger partial charge < -0.3 is 0 Å². The van der Waals surface area contributed by atoms with Gasteiger partial charge in [0.15, 0.2) is 0 Å². The molecule has 0 radical (unpaired) electrons. The number of thiophene rings is 1. The van der Waals surface area contributed by atoms with Crippen molar-refractivity contribution in [1.82, 2.24) is 9.13 Å².